The van der Waals surface area contributed by atoms with Crippen molar-refractivity contribution in [1.29, 1.82) is 0 Å². The Bertz CT molecular complexity index is 1410. The highest BCUT2D eigenvalue weighted by molar-refractivity contribution is 7.14. The largest absolute Gasteiger partial charge is 0.481 e. The minimum Gasteiger partial charge on any atom is -0.481 e. The minimum atomic E-state index is -1.02. The number of hydrogen-bond acceptors (Lipinski definition) is 5. The van der Waals surface area contributed by atoms with Crippen LogP contribution in [-0.4, -0.2) is 33.6 Å². The molecule has 2 heterocycles. The van der Waals surface area contributed by atoms with Crippen molar-refractivity contribution in [2.75, 3.05) is 11.9 Å². The van der Waals surface area contributed by atoms with Crippen LogP contribution in [0.15, 0.2) is 83.1 Å². The molecule has 35 heavy (non-hydrogen) atoms. The summed E-state index contributed by atoms with van der Waals surface area (Å²) >= 11 is 1.32. The van der Waals surface area contributed by atoms with Crippen molar-refractivity contribution < 1.29 is 14.7 Å². The Hall–Kier alpha value is -4.04. The van der Waals surface area contributed by atoms with E-state index >= 15 is 0 Å². The van der Waals surface area contributed by atoms with E-state index in [0.717, 1.165) is 22.3 Å². The molecule has 7 nitrogen and oxygen atoms in total. The lowest BCUT2D eigenvalue weighted by Gasteiger charge is -2.21. The molecule has 0 aliphatic rings. The molecule has 0 saturated carbocycles. The van der Waals surface area contributed by atoms with Gasteiger partial charge in [0.25, 0.3) is 0 Å². The van der Waals surface area contributed by atoms with Crippen LogP contribution >= 0.6 is 11.3 Å². The summed E-state index contributed by atoms with van der Waals surface area (Å²) in [5, 5.41) is 11.8. The smallest absolute Gasteiger partial charge is 0.304 e. The van der Waals surface area contributed by atoms with E-state index in [0.29, 0.717) is 17.2 Å². The first-order chi connectivity index (χ1) is 16.8. The fraction of sp³-hybridized carbons (Fsp3) is 0.185. The lowest BCUT2D eigenvalue weighted by atomic mass is 9.95. The van der Waals surface area contributed by atoms with Crippen LogP contribution in [0.1, 0.15) is 12.0 Å². The molecule has 0 aliphatic carbocycles. The van der Waals surface area contributed by atoms with E-state index in [-0.39, 0.29) is 17.9 Å². The Kier molecular flexibility index (Phi) is 7.22. The third kappa shape index (κ3) is 5.55. The number of pyridine rings is 1. The van der Waals surface area contributed by atoms with Gasteiger partial charge in [-0.1, -0.05) is 54.6 Å². The maximum absolute atomic E-state index is 13.3. The fourth-order valence-corrected chi connectivity index (χ4v) is 4.77. The molecule has 0 spiro atoms. The summed E-state index contributed by atoms with van der Waals surface area (Å²) < 4.78 is 1.53. The van der Waals surface area contributed by atoms with E-state index < -0.39 is 11.9 Å². The monoisotopic (exact) mass is 487 g/mol. The summed E-state index contributed by atoms with van der Waals surface area (Å²) in [7, 11) is 3.34. The van der Waals surface area contributed by atoms with E-state index in [1.807, 2.05) is 60.0 Å². The number of aliphatic carboxylic acids is 1. The number of rotatable bonds is 8. The van der Waals surface area contributed by atoms with Crippen LogP contribution in [0.25, 0.3) is 22.4 Å². The van der Waals surface area contributed by atoms with Crippen LogP contribution in [0.5, 0.6) is 0 Å². The zero-order valence-electron chi connectivity index (χ0n) is 19.4. The zero-order valence-corrected chi connectivity index (χ0v) is 20.2. The molecule has 0 fully saturated rings. The van der Waals surface area contributed by atoms with Crippen molar-refractivity contribution in [3.8, 4) is 22.4 Å². The number of amides is 1. The van der Waals surface area contributed by atoms with Crippen LogP contribution < -0.4 is 10.5 Å². The van der Waals surface area contributed by atoms with E-state index in [1.165, 1.54) is 26.9 Å². The third-order valence-corrected chi connectivity index (χ3v) is 6.72. The van der Waals surface area contributed by atoms with Crippen molar-refractivity contribution in [3.05, 3.63) is 94.2 Å². The number of aryl methyl sites for hydroxylation is 1. The third-order valence-electron chi connectivity index (χ3n) is 5.80. The normalized spacial score (nSPS) is 11.7. The van der Waals surface area contributed by atoms with Gasteiger partial charge in [-0.05, 0) is 29.2 Å². The van der Waals surface area contributed by atoms with Crippen LogP contribution in [0, 0.1) is 5.92 Å². The average Bonchev–Trinajstić information content (AvgIpc) is 3.35. The summed E-state index contributed by atoms with van der Waals surface area (Å²) in [6, 6.07) is 20.5. The van der Waals surface area contributed by atoms with Crippen LogP contribution in [0.2, 0.25) is 0 Å². The van der Waals surface area contributed by atoms with Gasteiger partial charge in [0.05, 0.1) is 18.0 Å². The Balaban J connectivity index is 1.61. The van der Waals surface area contributed by atoms with Gasteiger partial charge in [0.2, 0.25) is 11.5 Å². The second kappa shape index (κ2) is 10.5. The molecule has 2 aromatic carbocycles. The van der Waals surface area contributed by atoms with Gasteiger partial charge in [-0.15, -0.1) is 11.3 Å². The second-order valence-corrected chi connectivity index (χ2v) is 9.15. The number of aromatic nitrogens is 2. The number of nitrogens with zero attached hydrogens (tertiary/aromatic N) is 3. The average molecular weight is 488 g/mol. The van der Waals surface area contributed by atoms with Gasteiger partial charge in [-0.3, -0.25) is 19.3 Å². The van der Waals surface area contributed by atoms with Gasteiger partial charge >= 0.3 is 5.97 Å². The van der Waals surface area contributed by atoms with E-state index in [2.05, 4.69) is 0 Å². The van der Waals surface area contributed by atoms with E-state index in [1.54, 1.807) is 26.4 Å². The highest BCUT2D eigenvalue weighted by Crippen LogP contribution is 2.34. The number of thiazole rings is 1. The highest BCUT2D eigenvalue weighted by Gasteiger charge is 2.27. The van der Waals surface area contributed by atoms with E-state index in [4.69, 9.17) is 4.98 Å². The molecule has 1 amide bonds. The Morgan fingerprint density at radius 2 is 1.71 bits per heavy atom. The minimum absolute atomic E-state index is 0.0891. The van der Waals surface area contributed by atoms with Crippen LogP contribution in [-0.2, 0) is 23.1 Å². The molecule has 1 atom stereocenters. The Morgan fingerprint density at radius 3 is 2.40 bits per heavy atom. The summed E-state index contributed by atoms with van der Waals surface area (Å²) in [5.41, 5.74) is 4.20. The number of carboxylic acids is 1. The second-order valence-electron chi connectivity index (χ2n) is 8.31. The molecule has 0 bridgehead atoms. The molecular weight excluding hydrogens is 462 g/mol. The van der Waals surface area contributed by atoms with Gasteiger partial charge in [-0.2, -0.15) is 0 Å². The van der Waals surface area contributed by atoms with Crippen LogP contribution in [0.4, 0.5) is 5.13 Å². The molecule has 0 saturated heterocycles. The maximum atomic E-state index is 13.3. The van der Waals surface area contributed by atoms with Gasteiger partial charge in [0.15, 0.2) is 5.13 Å². The molecule has 8 heteroatoms. The predicted molar refractivity (Wildman–Crippen MR) is 138 cm³/mol. The van der Waals surface area contributed by atoms with Crippen molar-refractivity contribution in [2.24, 2.45) is 13.0 Å². The Morgan fingerprint density at radius 1 is 1.03 bits per heavy atom. The van der Waals surface area contributed by atoms with E-state index in [9.17, 15) is 19.5 Å². The summed E-state index contributed by atoms with van der Waals surface area (Å²) in [6.45, 7) is 0. The zero-order chi connectivity index (χ0) is 24.9. The molecule has 0 aliphatic heterocycles. The summed E-state index contributed by atoms with van der Waals surface area (Å²) in [6.07, 6.45) is 1.86. The molecule has 0 unspecified atom stereocenters. The molecule has 178 valence electrons. The number of benzene rings is 2. The topological polar surface area (TPSA) is 92.5 Å². The Labute approximate surface area is 206 Å². The molecule has 4 aromatic rings. The van der Waals surface area contributed by atoms with Crippen LogP contribution in [0.3, 0.4) is 0 Å². The molecule has 2 aromatic heterocycles. The maximum Gasteiger partial charge on any atom is 0.304 e. The first kappa shape index (κ1) is 24.1. The lowest BCUT2D eigenvalue weighted by Crippen LogP contribution is -2.35. The van der Waals surface area contributed by atoms with Crippen molar-refractivity contribution >= 4 is 28.3 Å². The number of carboxylic acid groups (broad SMARTS) is 1. The number of carbonyl (C=O) groups is 2. The summed E-state index contributed by atoms with van der Waals surface area (Å²) in [5.74, 6) is -2.01. The number of anilines is 1. The lowest BCUT2D eigenvalue weighted by molar-refractivity contribution is -0.140. The van der Waals surface area contributed by atoms with Gasteiger partial charge in [0, 0.05) is 37.3 Å². The first-order valence-electron chi connectivity index (χ1n) is 11.1. The molecule has 0 radical (unpaired) electrons. The van der Waals surface area contributed by atoms with Crippen molar-refractivity contribution in [3.63, 3.8) is 0 Å². The first-order valence-corrected chi connectivity index (χ1v) is 12.0. The molecule has 4 rings (SSSR count). The highest BCUT2D eigenvalue weighted by atomic mass is 32.1. The van der Waals surface area contributed by atoms with Gasteiger partial charge in [-0.25, -0.2) is 4.98 Å². The molecular formula is C27H25N3O4S. The van der Waals surface area contributed by atoms with Crippen molar-refractivity contribution in [1.82, 2.24) is 9.55 Å². The van der Waals surface area contributed by atoms with Crippen molar-refractivity contribution in [2.45, 2.75) is 12.8 Å². The SMILES string of the molecule is CN(C(=O)[C@@H](CC(=O)O)Cc1ccccc1)c1nc(-c2ccccc2-c2ccc(=O)n(C)c2)cs1. The van der Waals surface area contributed by atoms with Gasteiger partial charge < -0.3 is 9.67 Å². The quantitative estimate of drug-likeness (QED) is 0.396. The fourth-order valence-electron chi connectivity index (χ4n) is 3.98. The van der Waals surface area contributed by atoms with Gasteiger partial charge in [0.1, 0.15) is 0 Å². The predicted octanol–water partition coefficient (Wildman–Crippen LogP) is 4.47. The molecule has 1 N–H and O–H groups in total. The summed E-state index contributed by atoms with van der Waals surface area (Å²) in [4.78, 5) is 42.7. The number of hydrogen-bond donors (Lipinski definition) is 1. The standard InChI is InChI=1S/C27H25N3O4S/c1-29-16-19(12-13-24(29)31)21-10-6-7-11-22(21)23-17-35-27(28-23)30(2)26(34)20(15-25(32)33)14-18-8-4-3-5-9-18/h3-13,16-17,20H,14-15H2,1-2H3,(H,32,33)/t20-/m1/s1. The number of carbonyl (C=O) groups excluding carboxylic acids is 1.